The van der Waals surface area contributed by atoms with Crippen LogP contribution in [0.5, 0.6) is 0 Å². The smallest absolute Gasteiger partial charge is 0.101 e. The highest BCUT2D eigenvalue weighted by atomic mass is 79.9. The molecule has 0 radical (unpaired) electrons. The zero-order valence-corrected chi connectivity index (χ0v) is 12.9. The molecule has 0 saturated carbocycles. The summed E-state index contributed by atoms with van der Waals surface area (Å²) in [5, 5.41) is 12.5. The average molecular weight is 333 g/mol. The lowest BCUT2D eigenvalue weighted by molar-refractivity contribution is 0.597. The highest BCUT2D eigenvalue weighted by Gasteiger charge is 2.14. The maximum Gasteiger partial charge on any atom is 0.101 e. The molecule has 2 heterocycles. The van der Waals surface area contributed by atoms with Crippen molar-refractivity contribution in [2.24, 2.45) is 7.05 Å². The van der Waals surface area contributed by atoms with Crippen LogP contribution in [0.25, 0.3) is 0 Å². The lowest BCUT2D eigenvalue weighted by Crippen LogP contribution is -2.06. The van der Waals surface area contributed by atoms with Crippen LogP contribution in [0.2, 0.25) is 0 Å². The molecule has 1 unspecified atom stereocenters. The molecule has 0 saturated heterocycles. The zero-order valence-electron chi connectivity index (χ0n) is 10.6. The Morgan fingerprint density at radius 2 is 2.22 bits per heavy atom. The van der Waals surface area contributed by atoms with Crippen LogP contribution in [0.15, 0.2) is 10.7 Å². The summed E-state index contributed by atoms with van der Waals surface area (Å²) in [6.45, 7) is 4.61. The third-order valence-corrected chi connectivity index (χ3v) is 4.37. The van der Waals surface area contributed by atoms with Gasteiger partial charge in [0, 0.05) is 7.05 Å². The van der Waals surface area contributed by atoms with Gasteiger partial charge in [0.25, 0.3) is 0 Å². The van der Waals surface area contributed by atoms with Crippen molar-refractivity contribution in [2.45, 2.75) is 32.2 Å². The van der Waals surface area contributed by atoms with Crippen LogP contribution in [-0.4, -0.2) is 24.8 Å². The number of aryl methyl sites for hydroxylation is 2. The summed E-state index contributed by atoms with van der Waals surface area (Å²) >= 11 is 9.67. The van der Waals surface area contributed by atoms with Crippen LogP contribution < -0.4 is 0 Å². The van der Waals surface area contributed by atoms with E-state index in [4.69, 9.17) is 11.6 Å². The molecule has 0 amide bonds. The van der Waals surface area contributed by atoms with E-state index in [1.807, 2.05) is 31.8 Å². The van der Waals surface area contributed by atoms with Crippen molar-refractivity contribution in [3.05, 3.63) is 27.8 Å². The summed E-state index contributed by atoms with van der Waals surface area (Å²) in [5.74, 6) is 0. The monoisotopic (exact) mass is 331 g/mol. The van der Waals surface area contributed by atoms with Crippen LogP contribution in [0.3, 0.4) is 0 Å². The Bertz CT molecular complexity index is 548. The average Bonchev–Trinajstić information content (AvgIpc) is 2.90. The van der Waals surface area contributed by atoms with Crippen LogP contribution >= 0.6 is 27.5 Å². The fourth-order valence-corrected chi connectivity index (χ4v) is 2.31. The Balaban J connectivity index is 2.21. The quantitative estimate of drug-likeness (QED) is 0.809. The second-order valence-corrected chi connectivity index (χ2v) is 5.51. The summed E-state index contributed by atoms with van der Waals surface area (Å²) in [4.78, 5) is 0. The zero-order chi connectivity index (χ0) is 13.3. The number of halogens is 2. The molecule has 2 rings (SSSR count). The molecule has 0 aliphatic carbocycles. The standard InChI is InChI=1S/C11H15BrClN5/c1-4-8(13)9-5-18(16-14-9)6-10-11(12)7(2)15-17(10)3/h5,8H,4,6H2,1-3H3. The van der Waals surface area contributed by atoms with Crippen LogP contribution in [0.4, 0.5) is 0 Å². The van der Waals surface area contributed by atoms with Gasteiger partial charge in [0.2, 0.25) is 0 Å². The second-order valence-electron chi connectivity index (χ2n) is 4.19. The Morgan fingerprint density at radius 1 is 1.50 bits per heavy atom. The molecule has 0 aliphatic heterocycles. The van der Waals surface area contributed by atoms with E-state index in [0.29, 0.717) is 6.54 Å². The van der Waals surface area contributed by atoms with E-state index >= 15 is 0 Å². The normalized spacial score (nSPS) is 12.9. The number of hydrogen-bond donors (Lipinski definition) is 0. The molecule has 18 heavy (non-hydrogen) atoms. The van der Waals surface area contributed by atoms with Gasteiger partial charge in [0.15, 0.2) is 0 Å². The third-order valence-electron chi connectivity index (χ3n) is 2.81. The number of aromatic nitrogens is 5. The van der Waals surface area contributed by atoms with Gasteiger partial charge in [-0.1, -0.05) is 12.1 Å². The van der Waals surface area contributed by atoms with Crippen molar-refractivity contribution in [1.82, 2.24) is 24.8 Å². The number of rotatable bonds is 4. The van der Waals surface area contributed by atoms with E-state index in [1.54, 1.807) is 4.68 Å². The van der Waals surface area contributed by atoms with E-state index in [0.717, 1.165) is 28.0 Å². The summed E-state index contributed by atoms with van der Waals surface area (Å²) in [6, 6.07) is 0. The predicted octanol–water partition coefficient (Wildman–Crippen LogP) is 2.82. The van der Waals surface area contributed by atoms with Crippen molar-refractivity contribution in [3.8, 4) is 0 Å². The lowest BCUT2D eigenvalue weighted by Gasteiger charge is -2.02. The van der Waals surface area contributed by atoms with Crippen molar-refractivity contribution < 1.29 is 0 Å². The Labute approximate surface area is 119 Å². The first kappa shape index (κ1) is 13.5. The molecule has 5 nitrogen and oxygen atoms in total. The SMILES string of the molecule is CCC(Cl)c1cn(Cc2c(Br)c(C)nn2C)nn1. The molecule has 0 N–H and O–H groups in total. The van der Waals surface area contributed by atoms with Gasteiger partial charge in [-0.05, 0) is 29.3 Å². The Morgan fingerprint density at radius 3 is 2.78 bits per heavy atom. The Kier molecular flexibility index (Phi) is 4.07. The molecular formula is C11H15BrClN5. The number of alkyl halides is 1. The van der Waals surface area contributed by atoms with Crippen molar-refractivity contribution in [2.75, 3.05) is 0 Å². The maximum atomic E-state index is 6.13. The van der Waals surface area contributed by atoms with Crippen LogP contribution in [0.1, 0.15) is 35.8 Å². The molecule has 98 valence electrons. The summed E-state index contributed by atoms with van der Waals surface area (Å²) in [6.07, 6.45) is 2.73. The fraction of sp³-hybridized carbons (Fsp3) is 0.545. The molecule has 0 fully saturated rings. The van der Waals surface area contributed by atoms with Gasteiger partial charge in [-0.2, -0.15) is 5.10 Å². The molecule has 2 aromatic rings. The van der Waals surface area contributed by atoms with E-state index < -0.39 is 0 Å². The van der Waals surface area contributed by atoms with Gasteiger partial charge in [0.05, 0.1) is 34.0 Å². The van der Waals surface area contributed by atoms with Crippen LogP contribution in [0, 0.1) is 6.92 Å². The van der Waals surface area contributed by atoms with Crippen LogP contribution in [-0.2, 0) is 13.6 Å². The van der Waals surface area contributed by atoms with Gasteiger partial charge < -0.3 is 0 Å². The molecular weight excluding hydrogens is 318 g/mol. The molecule has 0 aromatic carbocycles. The van der Waals surface area contributed by atoms with Gasteiger partial charge >= 0.3 is 0 Å². The van der Waals surface area contributed by atoms with Gasteiger partial charge in [0.1, 0.15) is 5.69 Å². The first-order valence-corrected chi connectivity index (χ1v) is 6.98. The number of hydrogen-bond acceptors (Lipinski definition) is 3. The minimum atomic E-state index is -0.0736. The lowest BCUT2D eigenvalue weighted by atomic mass is 10.3. The summed E-state index contributed by atoms with van der Waals surface area (Å²) in [7, 11) is 1.92. The highest BCUT2D eigenvalue weighted by molar-refractivity contribution is 9.10. The molecule has 7 heteroatoms. The van der Waals surface area contributed by atoms with Gasteiger partial charge in [-0.3, -0.25) is 4.68 Å². The first-order valence-electron chi connectivity index (χ1n) is 5.75. The van der Waals surface area contributed by atoms with Crippen molar-refractivity contribution in [1.29, 1.82) is 0 Å². The molecule has 2 aromatic heterocycles. The van der Waals surface area contributed by atoms with Crippen molar-refractivity contribution >= 4 is 27.5 Å². The fourth-order valence-electron chi connectivity index (χ4n) is 1.75. The third kappa shape index (κ3) is 2.59. The first-order chi connectivity index (χ1) is 8.52. The Hall–Kier alpha value is -0.880. The van der Waals surface area contributed by atoms with Gasteiger partial charge in [-0.15, -0.1) is 16.7 Å². The highest BCUT2D eigenvalue weighted by Crippen LogP contribution is 2.23. The maximum absolute atomic E-state index is 6.13. The molecule has 0 bridgehead atoms. The summed E-state index contributed by atoms with van der Waals surface area (Å²) in [5.41, 5.74) is 2.84. The topological polar surface area (TPSA) is 48.5 Å². The minimum absolute atomic E-state index is 0.0736. The number of nitrogens with zero attached hydrogens (tertiary/aromatic N) is 5. The second kappa shape index (κ2) is 5.40. The van der Waals surface area contributed by atoms with E-state index in [1.165, 1.54) is 0 Å². The van der Waals surface area contributed by atoms with E-state index in [9.17, 15) is 0 Å². The molecule has 0 spiro atoms. The predicted molar refractivity (Wildman–Crippen MR) is 73.7 cm³/mol. The van der Waals surface area contributed by atoms with E-state index in [2.05, 4.69) is 31.3 Å². The largest absolute Gasteiger partial charge is 0.269 e. The summed E-state index contributed by atoms with van der Waals surface area (Å²) < 4.78 is 4.64. The van der Waals surface area contributed by atoms with Crippen molar-refractivity contribution in [3.63, 3.8) is 0 Å². The molecule has 0 aliphatic rings. The molecule has 1 atom stereocenters. The minimum Gasteiger partial charge on any atom is -0.269 e. The van der Waals surface area contributed by atoms with E-state index in [-0.39, 0.29) is 5.38 Å². The van der Waals surface area contributed by atoms with Gasteiger partial charge in [-0.25, -0.2) is 4.68 Å².